The van der Waals surface area contributed by atoms with Crippen molar-refractivity contribution in [3.8, 4) is 0 Å². The van der Waals surface area contributed by atoms with E-state index in [1.807, 2.05) is 26.8 Å². The van der Waals surface area contributed by atoms with E-state index in [1.54, 1.807) is 4.90 Å². The molecule has 1 N–H and O–H groups in total. The van der Waals surface area contributed by atoms with Crippen LogP contribution in [0.4, 0.5) is 9.59 Å². The van der Waals surface area contributed by atoms with Crippen LogP contribution in [0, 0.1) is 0 Å². The number of hydrogen-bond acceptors (Lipinski definition) is 5. The molecule has 0 aliphatic carbocycles. The molecule has 0 atom stereocenters. The van der Waals surface area contributed by atoms with Gasteiger partial charge >= 0.3 is 12.2 Å². The Hall–Kier alpha value is -2.35. The zero-order valence-corrected chi connectivity index (χ0v) is 16.4. The zero-order chi connectivity index (χ0) is 19.8. The summed E-state index contributed by atoms with van der Waals surface area (Å²) in [6.07, 6.45) is 1.82. The molecular formula is C18H23ClN4O4. The van der Waals surface area contributed by atoms with E-state index >= 15 is 0 Å². The molecule has 2 aliphatic heterocycles. The first kappa shape index (κ1) is 19.4. The van der Waals surface area contributed by atoms with Crippen LogP contribution in [-0.2, 0) is 17.7 Å². The van der Waals surface area contributed by atoms with Crippen molar-refractivity contribution in [3.63, 3.8) is 0 Å². The van der Waals surface area contributed by atoms with Crippen LogP contribution in [-0.4, -0.2) is 62.3 Å². The van der Waals surface area contributed by atoms with Crippen LogP contribution >= 0.6 is 11.6 Å². The Bertz CT molecular complexity index is 803. The first-order valence-electron chi connectivity index (χ1n) is 8.84. The summed E-state index contributed by atoms with van der Waals surface area (Å²) in [5.74, 6) is 0. The molecule has 146 valence electrons. The van der Waals surface area contributed by atoms with Crippen molar-refractivity contribution >= 4 is 29.4 Å². The topological polar surface area (TPSA) is 95.9 Å². The van der Waals surface area contributed by atoms with Crippen molar-refractivity contribution in [2.75, 3.05) is 19.6 Å². The zero-order valence-electron chi connectivity index (χ0n) is 15.7. The van der Waals surface area contributed by atoms with Crippen LogP contribution in [0.5, 0.6) is 0 Å². The minimum absolute atomic E-state index is 0.103. The van der Waals surface area contributed by atoms with Crippen LogP contribution in [0.1, 0.15) is 44.1 Å². The average molecular weight is 395 g/mol. The highest BCUT2D eigenvalue weighted by Crippen LogP contribution is 2.30. The van der Waals surface area contributed by atoms with Crippen LogP contribution in [0.2, 0.25) is 5.28 Å². The van der Waals surface area contributed by atoms with Crippen molar-refractivity contribution in [3.05, 3.63) is 28.3 Å². The first-order valence-corrected chi connectivity index (χ1v) is 9.22. The molecule has 3 heterocycles. The van der Waals surface area contributed by atoms with Crippen molar-refractivity contribution < 1.29 is 19.4 Å². The van der Waals surface area contributed by atoms with E-state index in [9.17, 15) is 14.7 Å². The lowest BCUT2D eigenvalue weighted by Gasteiger charge is -2.31. The van der Waals surface area contributed by atoms with Crippen molar-refractivity contribution in [1.82, 2.24) is 19.8 Å². The predicted octanol–water partition coefficient (Wildman–Crippen LogP) is 3.19. The smallest absolute Gasteiger partial charge is 0.410 e. The number of aromatic nitrogens is 2. The number of carbonyl (C=O) groups is 2. The molecule has 0 fully saturated rings. The molecule has 0 spiro atoms. The summed E-state index contributed by atoms with van der Waals surface area (Å²) in [7, 11) is 0. The standard InChI is InChI=1S/C18H23ClN4O4/c1-18(2,3)27-17(26)22-7-4-11(5-8-22)14-12-6-9-23(16(24)25)10-13(12)20-15(19)21-14/h4H,5-10H2,1-3H3,(H,24,25). The molecule has 3 rings (SSSR count). The number of ether oxygens (including phenoxy) is 1. The molecular weight excluding hydrogens is 372 g/mol. The van der Waals surface area contributed by atoms with Gasteiger partial charge in [-0.25, -0.2) is 19.6 Å². The van der Waals surface area contributed by atoms with E-state index in [-0.39, 0.29) is 17.9 Å². The van der Waals surface area contributed by atoms with E-state index in [4.69, 9.17) is 16.3 Å². The van der Waals surface area contributed by atoms with Crippen LogP contribution in [0.3, 0.4) is 0 Å². The summed E-state index contributed by atoms with van der Waals surface area (Å²) >= 11 is 6.08. The second kappa shape index (κ2) is 7.34. The van der Waals surface area contributed by atoms with E-state index in [0.29, 0.717) is 38.2 Å². The van der Waals surface area contributed by atoms with Gasteiger partial charge in [-0.15, -0.1) is 0 Å². The van der Waals surface area contributed by atoms with Gasteiger partial charge in [0.25, 0.3) is 0 Å². The first-order chi connectivity index (χ1) is 12.6. The van der Waals surface area contributed by atoms with Gasteiger partial charge in [0.15, 0.2) is 0 Å². The predicted molar refractivity (Wildman–Crippen MR) is 99.6 cm³/mol. The summed E-state index contributed by atoms with van der Waals surface area (Å²) in [4.78, 5) is 35.0. The Morgan fingerprint density at radius 1 is 1.19 bits per heavy atom. The third-order valence-corrected chi connectivity index (χ3v) is 4.64. The Kier molecular flexibility index (Phi) is 5.28. The maximum atomic E-state index is 12.2. The van der Waals surface area contributed by atoms with Gasteiger partial charge in [-0.2, -0.15) is 0 Å². The summed E-state index contributed by atoms with van der Waals surface area (Å²) < 4.78 is 5.41. The monoisotopic (exact) mass is 394 g/mol. The Balaban J connectivity index is 1.80. The van der Waals surface area contributed by atoms with Crippen LogP contribution in [0.15, 0.2) is 6.08 Å². The SMILES string of the molecule is CC(C)(C)OC(=O)N1CC=C(c2nc(Cl)nc3c2CCN(C(=O)O)C3)CC1. The molecule has 0 unspecified atom stereocenters. The van der Waals surface area contributed by atoms with Gasteiger partial charge in [0.2, 0.25) is 5.28 Å². The van der Waals surface area contributed by atoms with Crippen molar-refractivity contribution in [2.24, 2.45) is 0 Å². The fourth-order valence-electron chi connectivity index (χ4n) is 3.21. The summed E-state index contributed by atoms with van der Waals surface area (Å²) in [5, 5.41) is 9.30. The largest absolute Gasteiger partial charge is 0.465 e. The summed E-state index contributed by atoms with van der Waals surface area (Å²) in [5.41, 5.74) is 2.82. The van der Waals surface area contributed by atoms with Crippen molar-refractivity contribution in [2.45, 2.75) is 45.8 Å². The number of hydrogen-bond donors (Lipinski definition) is 1. The summed E-state index contributed by atoms with van der Waals surface area (Å²) in [6, 6.07) is 0. The minimum atomic E-state index is -0.971. The lowest BCUT2D eigenvalue weighted by atomic mass is 9.95. The van der Waals surface area contributed by atoms with Gasteiger partial charge in [0.1, 0.15) is 5.60 Å². The Labute approximate surface area is 162 Å². The molecule has 0 saturated heterocycles. The second-order valence-corrected chi connectivity index (χ2v) is 7.96. The van der Waals surface area contributed by atoms with Crippen LogP contribution < -0.4 is 0 Å². The van der Waals surface area contributed by atoms with Gasteiger partial charge in [-0.3, -0.25) is 0 Å². The number of carbonyl (C=O) groups excluding carboxylic acids is 1. The van der Waals surface area contributed by atoms with Crippen molar-refractivity contribution in [1.29, 1.82) is 0 Å². The highest BCUT2D eigenvalue weighted by molar-refractivity contribution is 6.28. The van der Waals surface area contributed by atoms with Gasteiger partial charge < -0.3 is 19.6 Å². The third kappa shape index (κ3) is 4.50. The van der Waals surface area contributed by atoms with E-state index in [0.717, 1.165) is 16.8 Å². The average Bonchev–Trinajstić information content (AvgIpc) is 2.59. The van der Waals surface area contributed by atoms with Gasteiger partial charge in [-0.05, 0) is 50.8 Å². The maximum absolute atomic E-state index is 12.2. The Morgan fingerprint density at radius 3 is 2.48 bits per heavy atom. The lowest BCUT2D eigenvalue weighted by molar-refractivity contribution is 0.0270. The minimum Gasteiger partial charge on any atom is -0.465 e. The molecule has 2 amide bonds. The molecule has 1 aromatic heterocycles. The van der Waals surface area contributed by atoms with E-state index in [1.165, 1.54) is 4.90 Å². The normalized spacial score (nSPS) is 17.3. The molecule has 0 bridgehead atoms. The number of fused-ring (bicyclic) bond motifs is 1. The third-order valence-electron chi connectivity index (χ3n) is 4.47. The second-order valence-electron chi connectivity index (χ2n) is 7.63. The molecule has 27 heavy (non-hydrogen) atoms. The fourth-order valence-corrected chi connectivity index (χ4v) is 3.39. The number of halogens is 1. The molecule has 8 nitrogen and oxygen atoms in total. The van der Waals surface area contributed by atoms with E-state index < -0.39 is 11.7 Å². The molecule has 0 radical (unpaired) electrons. The molecule has 1 aromatic rings. The lowest BCUT2D eigenvalue weighted by Crippen LogP contribution is -2.39. The highest BCUT2D eigenvalue weighted by Gasteiger charge is 2.28. The Morgan fingerprint density at radius 2 is 1.89 bits per heavy atom. The molecule has 2 aliphatic rings. The molecule has 0 saturated carbocycles. The van der Waals surface area contributed by atoms with Crippen LogP contribution in [0.25, 0.3) is 5.57 Å². The molecule has 9 heteroatoms. The number of amides is 2. The van der Waals surface area contributed by atoms with Gasteiger partial charge in [0, 0.05) is 25.2 Å². The molecule has 0 aromatic carbocycles. The fraction of sp³-hybridized carbons (Fsp3) is 0.556. The quantitative estimate of drug-likeness (QED) is 0.735. The van der Waals surface area contributed by atoms with E-state index in [2.05, 4.69) is 9.97 Å². The maximum Gasteiger partial charge on any atom is 0.410 e. The number of nitrogens with zero attached hydrogens (tertiary/aromatic N) is 4. The van der Waals surface area contributed by atoms with Gasteiger partial charge in [0.05, 0.1) is 17.9 Å². The number of carboxylic acid groups (broad SMARTS) is 1. The highest BCUT2D eigenvalue weighted by atomic mass is 35.5. The number of rotatable bonds is 1. The van der Waals surface area contributed by atoms with Gasteiger partial charge in [-0.1, -0.05) is 6.08 Å². The summed E-state index contributed by atoms with van der Waals surface area (Å²) in [6.45, 7) is 7.08.